The van der Waals surface area contributed by atoms with E-state index in [0.29, 0.717) is 17.1 Å². The number of alkyl halides is 1. The van der Waals surface area contributed by atoms with Gasteiger partial charge in [-0.3, -0.25) is 4.79 Å². The molecule has 0 N–H and O–H groups in total. The molecule has 0 amide bonds. The van der Waals surface area contributed by atoms with Gasteiger partial charge >= 0.3 is 5.97 Å². The second-order valence-corrected chi connectivity index (χ2v) is 7.95. The average molecular weight is 418 g/mol. The van der Waals surface area contributed by atoms with Crippen LogP contribution in [0.2, 0.25) is 0 Å². The highest BCUT2D eigenvalue weighted by Gasteiger charge is 2.67. The van der Waals surface area contributed by atoms with E-state index >= 15 is 0 Å². The Labute approximate surface area is 180 Å². The number of rotatable bonds is 6. The number of benzene rings is 3. The normalized spacial score (nSPS) is 23.1. The van der Waals surface area contributed by atoms with Crippen LogP contribution in [0.5, 0.6) is 11.5 Å². The lowest BCUT2D eigenvalue weighted by Crippen LogP contribution is -2.21. The molecule has 0 bridgehead atoms. The van der Waals surface area contributed by atoms with Crippen molar-refractivity contribution in [2.24, 2.45) is 5.41 Å². The number of hydrogen-bond acceptors (Lipinski definition) is 4. The van der Waals surface area contributed by atoms with Gasteiger partial charge < -0.3 is 9.47 Å². The third-order valence-electron chi connectivity index (χ3n) is 5.48. The number of halogens is 1. The summed E-state index contributed by atoms with van der Waals surface area (Å²) >= 11 is 6.47. The standard InChI is InChI=1S/C25H20ClNO3/c1-25(22(23(25)26)17-9-4-2-5-10-17)24(28)30-21(16-27)18-11-8-14-20(15-18)29-19-12-6-3-7-13-19/h2-15,21-23H,1H3/t21?,22-,23+,25+/m1/s1. The fourth-order valence-corrected chi connectivity index (χ4v) is 4.20. The molecule has 1 aliphatic rings. The van der Waals surface area contributed by atoms with Crippen LogP contribution in [0.4, 0.5) is 0 Å². The highest BCUT2D eigenvalue weighted by atomic mass is 35.5. The average Bonchev–Trinajstić information content (AvgIpc) is 3.35. The van der Waals surface area contributed by atoms with Crippen molar-refractivity contribution in [1.29, 1.82) is 5.26 Å². The van der Waals surface area contributed by atoms with Gasteiger partial charge in [0.1, 0.15) is 17.6 Å². The molecule has 150 valence electrons. The number of ether oxygens (including phenoxy) is 2. The van der Waals surface area contributed by atoms with Gasteiger partial charge in [0.2, 0.25) is 6.10 Å². The van der Waals surface area contributed by atoms with E-state index in [2.05, 4.69) is 6.07 Å². The summed E-state index contributed by atoms with van der Waals surface area (Å²) in [7, 11) is 0. The van der Waals surface area contributed by atoms with Gasteiger partial charge in [0.25, 0.3) is 0 Å². The van der Waals surface area contributed by atoms with Crippen LogP contribution >= 0.6 is 11.6 Å². The number of nitrogens with zero attached hydrogens (tertiary/aromatic N) is 1. The van der Waals surface area contributed by atoms with Gasteiger partial charge in [-0.1, -0.05) is 60.7 Å². The Morgan fingerprint density at radius 1 is 1.00 bits per heavy atom. The summed E-state index contributed by atoms with van der Waals surface area (Å²) in [6.07, 6.45) is -1.05. The molecule has 3 aromatic rings. The van der Waals surface area contributed by atoms with Gasteiger partial charge in [-0.2, -0.15) is 5.26 Å². The molecular formula is C25H20ClNO3. The summed E-state index contributed by atoms with van der Waals surface area (Å²) in [6, 6.07) is 28.0. The van der Waals surface area contributed by atoms with Crippen LogP contribution in [0.15, 0.2) is 84.9 Å². The molecule has 0 spiro atoms. The first-order valence-electron chi connectivity index (χ1n) is 9.66. The summed E-state index contributed by atoms with van der Waals surface area (Å²) < 4.78 is 11.4. The third-order valence-corrected chi connectivity index (χ3v) is 6.19. The van der Waals surface area contributed by atoms with E-state index in [1.54, 1.807) is 31.2 Å². The highest BCUT2D eigenvalue weighted by molar-refractivity contribution is 6.26. The van der Waals surface area contributed by atoms with Crippen LogP contribution in [-0.4, -0.2) is 11.3 Å². The molecule has 0 radical (unpaired) electrons. The zero-order valence-corrected chi connectivity index (χ0v) is 17.1. The van der Waals surface area contributed by atoms with Gasteiger partial charge in [-0.25, -0.2) is 0 Å². The Balaban J connectivity index is 1.49. The van der Waals surface area contributed by atoms with E-state index in [-0.39, 0.29) is 11.3 Å². The lowest BCUT2D eigenvalue weighted by molar-refractivity contribution is -0.153. The minimum absolute atomic E-state index is 0.139. The van der Waals surface area contributed by atoms with Crippen LogP contribution in [0.25, 0.3) is 0 Å². The number of nitriles is 1. The van der Waals surface area contributed by atoms with E-state index in [1.807, 2.05) is 60.7 Å². The maximum Gasteiger partial charge on any atom is 0.315 e. The maximum absolute atomic E-state index is 13.0. The summed E-state index contributed by atoms with van der Waals surface area (Å²) in [5, 5.41) is 9.27. The van der Waals surface area contributed by atoms with Crippen molar-refractivity contribution < 1.29 is 14.3 Å². The first-order chi connectivity index (χ1) is 14.5. The van der Waals surface area contributed by atoms with Crippen molar-refractivity contribution in [3.8, 4) is 17.6 Å². The van der Waals surface area contributed by atoms with Crippen molar-refractivity contribution in [3.05, 3.63) is 96.1 Å². The smallest absolute Gasteiger partial charge is 0.315 e. The van der Waals surface area contributed by atoms with Gasteiger partial charge in [-0.15, -0.1) is 11.6 Å². The van der Waals surface area contributed by atoms with Crippen molar-refractivity contribution in [3.63, 3.8) is 0 Å². The molecule has 30 heavy (non-hydrogen) atoms. The van der Waals surface area contributed by atoms with Crippen molar-refractivity contribution in [2.45, 2.75) is 24.3 Å². The summed E-state index contributed by atoms with van der Waals surface area (Å²) in [4.78, 5) is 13.0. The predicted octanol–water partition coefficient (Wildman–Crippen LogP) is 6.00. The zero-order valence-electron chi connectivity index (χ0n) is 16.4. The van der Waals surface area contributed by atoms with Crippen molar-refractivity contribution in [2.75, 3.05) is 0 Å². The highest BCUT2D eigenvalue weighted by Crippen LogP contribution is 2.63. The fourth-order valence-electron chi connectivity index (χ4n) is 3.64. The van der Waals surface area contributed by atoms with E-state index < -0.39 is 17.5 Å². The van der Waals surface area contributed by atoms with Gasteiger partial charge in [0.15, 0.2) is 0 Å². The molecular weight excluding hydrogens is 398 g/mol. The quantitative estimate of drug-likeness (QED) is 0.364. The molecule has 5 heteroatoms. The topological polar surface area (TPSA) is 59.3 Å². The summed E-state index contributed by atoms with van der Waals surface area (Å²) in [5.41, 5.74) is 0.672. The van der Waals surface area contributed by atoms with Crippen molar-refractivity contribution in [1.82, 2.24) is 0 Å². The predicted molar refractivity (Wildman–Crippen MR) is 114 cm³/mol. The molecule has 1 aliphatic carbocycles. The third kappa shape index (κ3) is 3.77. The molecule has 0 aliphatic heterocycles. The van der Waals surface area contributed by atoms with E-state index in [0.717, 1.165) is 5.56 Å². The van der Waals surface area contributed by atoms with E-state index in [9.17, 15) is 10.1 Å². The second-order valence-electron chi connectivity index (χ2n) is 7.47. The molecule has 1 fully saturated rings. The number of esters is 1. The Morgan fingerprint density at radius 2 is 1.63 bits per heavy atom. The second kappa shape index (κ2) is 8.22. The SMILES string of the molecule is C[C@]1(C(=O)OC(C#N)c2cccc(Oc3ccccc3)c2)[C@H](c2ccccc2)[C@@H]1Cl. The number of carbonyl (C=O) groups is 1. The van der Waals surface area contributed by atoms with Gasteiger partial charge in [0, 0.05) is 11.5 Å². The van der Waals surface area contributed by atoms with Gasteiger partial charge in [0.05, 0.1) is 10.8 Å². The lowest BCUT2D eigenvalue weighted by Gasteiger charge is -2.16. The number of hydrogen-bond donors (Lipinski definition) is 0. The Hall–Kier alpha value is -3.29. The molecule has 0 aromatic heterocycles. The Kier molecular flexibility index (Phi) is 5.48. The van der Waals surface area contributed by atoms with Crippen LogP contribution < -0.4 is 4.74 Å². The largest absolute Gasteiger partial charge is 0.457 e. The molecule has 3 aromatic carbocycles. The molecule has 1 saturated carbocycles. The zero-order chi connectivity index (χ0) is 21.1. The molecule has 1 unspecified atom stereocenters. The van der Waals surface area contributed by atoms with Crippen molar-refractivity contribution >= 4 is 17.6 Å². The molecule has 4 atom stereocenters. The molecule has 4 rings (SSSR count). The lowest BCUT2D eigenvalue weighted by atomic mass is 10.0. The van der Waals surface area contributed by atoms with E-state index in [1.165, 1.54) is 0 Å². The first-order valence-corrected chi connectivity index (χ1v) is 10.1. The van der Waals surface area contributed by atoms with Crippen LogP contribution in [0.3, 0.4) is 0 Å². The number of para-hydroxylation sites is 1. The number of carbonyl (C=O) groups excluding carboxylic acids is 1. The monoisotopic (exact) mass is 417 g/mol. The maximum atomic E-state index is 13.0. The molecule has 0 saturated heterocycles. The van der Waals surface area contributed by atoms with Gasteiger partial charge in [-0.05, 0) is 36.8 Å². The van der Waals surface area contributed by atoms with E-state index in [4.69, 9.17) is 21.1 Å². The minimum Gasteiger partial charge on any atom is -0.457 e. The van der Waals surface area contributed by atoms with Crippen LogP contribution in [0.1, 0.15) is 30.1 Å². The van der Waals surface area contributed by atoms with Crippen LogP contribution in [-0.2, 0) is 9.53 Å². The first kappa shape index (κ1) is 20.0. The molecule has 0 heterocycles. The minimum atomic E-state index is -1.05. The Bertz CT molecular complexity index is 1080. The Morgan fingerprint density at radius 3 is 2.30 bits per heavy atom. The summed E-state index contributed by atoms with van der Waals surface area (Å²) in [6.45, 7) is 1.79. The summed E-state index contributed by atoms with van der Waals surface area (Å²) in [5.74, 6) is 0.628. The molecule has 4 nitrogen and oxygen atoms in total. The fraction of sp³-hybridized carbons (Fsp3) is 0.200. The van der Waals surface area contributed by atoms with Crippen LogP contribution in [0, 0.1) is 16.7 Å².